The molecule has 0 atom stereocenters. The van der Waals surface area contributed by atoms with Gasteiger partial charge in [0.1, 0.15) is 15.7 Å². The zero-order chi connectivity index (χ0) is 10.2. The molecule has 0 unspecified atom stereocenters. The van der Waals surface area contributed by atoms with Crippen LogP contribution in [0.2, 0.25) is 10.0 Å². The lowest BCUT2D eigenvalue weighted by Gasteiger charge is -2.07. The molecule has 0 aliphatic rings. The molecule has 3 N–H and O–H groups in total. The number of halogens is 5. The van der Waals surface area contributed by atoms with Crippen LogP contribution < -0.4 is 11.3 Å². The van der Waals surface area contributed by atoms with Crippen molar-refractivity contribution in [2.24, 2.45) is 5.84 Å². The summed E-state index contributed by atoms with van der Waals surface area (Å²) >= 11 is 10.3. The van der Waals surface area contributed by atoms with Gasteiger partial charge in [0.05, 0.1) is 0 Å². The van der Waals surface area contributed by atoms with Gasteiger partial charge >= 0.3 is 0 Å². The van der Waals surface area contributed by atoms with Crippen LogP contribution in [0.1, 0.15) is 0 Å². The average molecular weight is 231 g/mol. The number of anilines is 1. The lowest BCUT2D eigenvalue weighted by molar-refractivity contribution is 0.498. The summed E-state index contributed by atoms with van der Waals surface area (Å²) in [6, 6.07) is 0. The standard InChI is InChI=1S/C6H3Cl2F3N2/c7-1-3(9)2(8)6(13-12)5(11)4(1)10/h13H,12H2. The largest absolute Gasteiger partial charge is 0.320 e. The monoisotopic (exact) mass is 230 g/mol. The van der Waals surface area contributed by atoms with Crippen LogP contribution in [0.15, 0.2) is 0 Å². The normalized spacial score (nSPS) is 10.3. The first-order valence-corrected chi connectivity index (χ1v) is 3.74. The lowest BCUT2D eigenvalue weighted by atomic mass is 10.3. The van der Waals surface area contributed by atoms with Crippen LogP contribution in [0, 0.1) is 17.5 Å². The highest BCUT2D eigenvalue weighted by molar-refractivity contribution is 6.36. The van der Waals surface area contributed by atoms with Crippen LogP contribution in [0.25, 0.3) is 0 Å². The maximum Gasteiger partial charge on any atom is 0.186 e. The third-order valence-electron chi connectivity index (χ3n) is 1.35. The van der Waals surface area contributed by atoms with E-state index in [0.717, 1.165) is 0 Å². The molecule has 0 aromatic heterocycles. The van der Waals surface area contributed by atoms with Crippen molar-refractivity contribution in [3.63, 3.8) is 0 Å². The van der Waals surface area contributed by atoms with E-state index in [0.29, 0.717) is 0 Å². The Kier molecular flexibility index (Phi) is 2.90. The van der Waals surface area contributed by atoms with E-state index in [1.54, 1.807) is 5.43 Å². The van der Waals surface area contributed by atoms with Gasteiger partial charge in [-0.05, 0) is 0 Å². The highest BCUT2D eigenvalue weighted by Gasteiger charge is 2.22. The van der Waals surface area contributed by atoms with Crippen LogP contribution in [0.4, 0.5) is 18.9 Å². The molecule has 13 heavy (non-hydrogen) atoms. The topological polar surface area (TPSA) is 38.0 Å². The maximum absolute atomic E-state index is 12.9. The smallest absolute Gasteiger partial charge is 0.186 e. The maximum atomic E-state index is 12.9. The van der Waals surface area contributed by atoms with Gasteiger partial charge in [0.2, 0.25) is 0 Å². The molecule has 2 nitrogen and oxygen atoms in total. The van der Waals surface area contributed by atoms with Crippen molar-refractivity contribution in [2.75, 3.05) is 5.43 Å². The quantitative estimate of drug-likeness (QED) is 0.337. The van der Waals surface area contributed by atoms with Crippen molar-refractivity contribution in [3.8, 4) is 0 Å². The number of nitrogens with two attached hydrogens (primary N) is 1. The highest BCUT2D eigenvalue weighted by atomic mass is 35.5. The SMILES string of the molecule is NNc1c(F)c(F)c(Cl)c(F)c1Cl. The molecule has 0 aliphatic heterocycles. The van der Waals surface area contributed by atoms with Gasteiger partial charge in [-0.3, -0.25) is 5.84 Å². The van der Waals surface area contributed by atoms with E-state index in [9.17, 15) is 13.2 Å². The van der Waals surface area contributed by atoms with Gasteiger partial charge < -0.3 is 5.43 Å². The molecule has 0 saturated heterocycles. The fraction of sp³-hybridized carbons (Fsp3) is 0. The van der Waals surface area contributed by atoms with Gasteiger partial charge in [0.25, 0.3) is 0 Å². The summed E-state index contributed by atoms with van der Waals surface area (Å²) in [4.78, 5) is 0. The minimum Gasteiger partial charge on any atom is -0.320 e. The molecule has 0 saturated carbocycles. The van der Waals surface area contributed by atoms with Crippen molar-refractivity contribution in [1.82, 2.24) is 0 Å². The van der Waals surface area contributed by atoms with E-state index in [2.05, 4.69) is 0 Å². The van der Waals surface area contributed by atoms with Gasteiger partial charge in [-0.1, -0.05) is 23.2 Å². The van der Waals surface area contributed by atoms with Crippen LogP contribution in [0.3, 0.4) is 0 Å². The first-order chi connectivity index (χ1) is 6.00. The Labute approximate surface area is 81.4 Å². The summed E-state index contributed by atoms with van der Waals surface area (Å²) in [7, 11) is 0. The van der Waals surface area contributed by atoms with E-state index < -0.39 is 33.2 Å². The molecule has 1 rings (SSSR count). The summed E-state index contributed by atoms with van der Waals surface area (Å²) in [5.74, 6) is 0.585. The molecule has 1 aromatic rings. The average Bonchev–Trinajstić information content (AvgIpc) is 2.13. The number of hydrogen-bond donors (Lipinski definition) is 2. The third kappa shape index (κ3) is 1.54. The molecule has 0 aliphatic carbocycles. The summed E-state index contributed by atoms with van der Waals surface area (Å²) in [6.45, 7) is 0. The third-order valence-corrected chi connectivity index (χ3v) is 2.04. The minimum absolute atomic E-state index is 0.666. The van der Waals surface area contributed by atoms with E-state index >= 15 is 0 Å². The fourth-order valence-corrected chi connectivity index (χ4v) is 1.19. The van der Waals surface area contributed by atoms with Crippen molar-refractivity contribution >= 4 is 28.9 Å². The Balaban J connectivity index is 3.56. The molecule has 0 bridgehead atoms. The first-order valence-electron chi connectivity index (χ1n) is 2.98. The zero-order valence-electron chi connectivity index (χ0n) is 5.97. The summed E-state index contributed by atoms with van der Waals surface area (Å²) in [5, 5.41) is -1.69. The molecular formula is C6H3Cl2F3N2. The number of benzene rings is 1. The van der Waals surface area contributed by atoms with E-state index in [1.807, 2.05) is 0 Å². The number of nitrogens with one attached hydrogen (secondary N) is 1. The summed E-state index contributed by atoms with van der Waals surface area (Å²) in [6.07, 6.45) is 0. The molecule has 7 heteroatoms. The fourth-order valence-electron chi connectivity index (χ4n) is 0.732. The predicted octanol–water partition coefficient (Wildman–Crippen LogP) is 2.70. The molecule has 0 fully saturated rings. The first kappa shape index (κ1) is 10.4. The number of rotatable bonds is 1. The van der Waals surface area contributed by atoms with Gasteiger partial charge in [-0.15, -0.1) is 0 Å². The van der Waals surface area contributed by atoms with Crippen molar-refractivity contribution < 1.29 is 13.2 Å². The van der Waals surface area contributed by atoms with E-state index in [-0.39, 0.29) is 0 Å². The van der Waals surface area contributed by atoms with Gasteiger partial charge in [0.15, 0.2) is 17.5 Å². The Morgan fingerprint density at radius 3 is 1.92 bits per heavy atom. The molecular weight excluding hydrogens is 228 g/mol. The number of hydrogen-bond acceptors (Lipinski definition) is 2. The zero-order valence-corrected chi connectivity index (χ0v) is 7.48. The molecule has 1 aromatic carbocycles. The molecule has 0 amide bonds. The van der Waals surface area contributed by atoms with Gasteiger partial charge in [0, 0.05) is 0 Å². The van der Waals surface area contributed by atoms with Crippen LogP contribution in [0.5, 0.6) is 0 Å². The predicted molar refractivity (Wildman–Crippen MR) is 44.1 cm³/mol. The second kappa shape index (κ2) is 3.61. The lowest BCUT2D eigenvalue weighted by Crippen LogP contribution is -2.11. The Hall–Kier alpha value is -0.650. The molecule has 72 valence electrons. The van der Waals surface area contributed by atoms with Crippen LogP contribution in [-0.2, 0) is 0 Å². The van der Waals surface area contributed by atoms with Crippen molar-refractivity contribution in [2.45, 2.75) is 0 Å². The van der Waals surface area contributed by atoms with E-state index in [4.69, 9.17) is 29.0 Å². The number of hydrazine groups is 1. The second-order valence-corrected chi connectivity index (χ2v) is 2.85. The van der Waals surface area contributed by atoms with Gasteiger partial charge in [-0.2, -0.15) is 0 Å². The number of nitrogen functional groups attached to an aromatic ring is 1. The molecule has 0 heterocycles. The van der Waals surface area contributed by atoms with Crippen molar-refractivity contribution in [3.05, 3.63) is 27.5 Å². The Morgan fingerprint density at radius 2 is 1.46 bits per heavy atom. The van der Waals surface area contributed by atoms with Crippen molar-refractivity contribution in [1.29, 1.82) is 0 Å². The molecule has 0 spiro atoms. The van der Waals surface area contributed by atoms with E-state index in [1.165, 1.54) is 0 Å². The summed E-state index contributed by atoms with van der Waals surface area (Å²) in [5.41, 5.74) is 1.06. The molecule has 0 radical (unpaired) electrons. The second-order valence-electron chi connectivity index (χ2n) is 2.09. The minimum atomic E-state index is -1.53. The van der Waals surface area contributed by atoms with Crippen LogP contribution >= 0.6 is 23.2 Å². The highest BCUT2D eigenvalue weighted by Crippen LogP contribution is 2.34. The Morgan fingerprint density at radius 1 is 0.923 bits per heavy atom. The summed E-state index contributed by atoms with van der Waals surface area (Å²) < 4.78 is 38.4. The van der Waals surface area contributed by atoms with Gasteiger partial charge in [-0.25, -0.2) is 13.2 Å². The Bertz CT molecular complexity index is 327. The van der Waals surface area contributed by atoms with Crippen LogP contribution in [-0.4, -0.2) is 0 Å².